The number of rotatable bonds is 5. The van der Waals surface area contributed by atoms with Crippen molar-refractivity contribution in [2.75, 3.05) is 6.61 Å². The molecule has 1 aliphatic rings. The van der Waals surface area contributed by atoms with Gasteiger partial charge in [-0.15, -0.1) is 11.3 Å². The second-order valence-corrected chi connectivity index (χ2v) is 7.15. The summed E-state index contributed by atoms with van der Waals surface area (Å²) in [4.78, 5) is 17.5. The largest absolute Gasteiger partial charge is 0.459 e. The number of hydrogen-bond donors (Lipinski definition) is 2. The number of hydrogen-bond acceptors (Lipinski definition) is 5. The van der Waals surface area contributed by atoms with E-state index in [9.17, 15) is 9.90 Å². The molecular weight excluding hydrogens is 300 g/mol. The Hall–Kier alpha value is -1.66. The van der Waals surface area contributed by atoms with Crippen molar-refractivity contribution in [2.24, 2.45) is 5.92 Å². The van der Waals surface area contributed by atoms with E-state index in [0.717, 1.165) is 18.6 Å². The highest BCUT2D eigenvalue weighted by Gasteiger charge is 2.42. The first-order chi connectivity index (χ1) is 10.4. The third kappa shape index (κ3) is 2.80. The summed E-state index contributed by atoms with van der Waals surface area (Å²) < 4.78 is 5.56. The van der Waals surface area contributed by atoms with Crippen LogP contribution in [0.15, 0.2) is 16.5 Å². The summed E-state index contributed by atoms with van der Waals surface area (Å²) in [5.74, 6) is 1.68. The highest BCUT2D eigenvalue weighted by atomic mass is 32.1. The van der Waals surface area contributed by atoms with Crippen LogP contribution in [0.1, 0.15) is 40.9 Å². The lowest BCUT2D eigenvalue weighted by Gasteiger charge is -2.28. The Kier molecular flexibility index (Phi) is 3.82. The number of aromatic nitrogens is 1. The molecule has 2 N–H and O–H groups in total. The maximum Gasteiger partial charge on any atom is 0.263 e. The van der Waals surface area contributed by atoms with E-state index in [1.807, 2.05) is 32.9 Å². The fraction of sp³-hybridized carbons (Fsp3) is 0.500. The number of amides is 1. The van der Waals surface area contributed by atoms with Crippen molar-refractivity contribution < 1.29 is 14.3 Å². The van der Waals surface area contributed by atoms with Crippen LogP contribution in [0.5, 0.6) is 0 Å². The first-order valence-electron chi connectivity index (χ1n) is 7.40. The molecular formula is C16H20N2O3S. The lowest BCUT2D eigenvalue weighted by atomic mass is 9.97. The smallest absolute Gasteiger partial charge is 0.263 e. The Labute approximate surface area is 133 Å². The van der Waals surface area contributed by atoms with Crippen molar-refractivity contribution in [2.45, 2.75) is 39.2 Å². The fourth-order valence-electron chi connectivity index (χ4n) is 2.57. The summed E-state index contributed by atoms with van der Waals surface area (Å²) in [6.07, 6.45) is 2.10. The third-order valence-corrected chi connectivity index (χ3v) is 5.33. The van der Waals surface area contributed by atoms with Gasteiger partial charge in [0.2, 0.25) is 0 Å². The number of aliphatic hydroxyl groups is 1. The molecule has 118 valence electrons. The van der Waals surface area contributed by atoms with Crippen molar-refractivity contribution in [1.82, 2.24) is 10.3 Å². The molecule has 0 aromatic carbocycles. The van der Waals surface area contributed by atoms with Crippen molar-refractivity contribution >= 4 is 17.2 Å². The van der Waals surface area contributed by atoms with E-state index in [4.69, 9.17) is 4.42 Å². The molecule has 1 amide bonds. The van der Waals surface area contributed by atoms with E-state index >= 15 is 0 Å². The highest BCUT2D eigenvalue weighted by Crippen LogP contribution is 2.39. The monoisotopic (exact) mass is 320 g/mol. The molecule has 3 rings (SSSR count). The van der Waals surface area contributed by atoms with E-state index in [2.05, 4.69) is 10.3 Å². The number of carbonyl (C=O) groups excluding carboxylic acids is 1. The zero-order valence-electron chi connectivity index (χ0n) is 13.0. The molecule has 2 heterocycles. The predicted octanol–water partition coefficient (Wildman–Crippen LogP) is 2.91. The maximum absolute atomic E-state index is 12.5. The summed E-state index contributed by atoms with van der Waals surface area (Å²) in [6, 6.07) is 3.74. The van der Waals surface area contributed by atoms with E-state index in [1.165, 1.54) is 11.3 Å². The van der Waals surface area contributed by atoms with Gasteiger partial charge >= 0.3 is 0 Å². The van der Waals surface area contributed by atoms with Gasteiger partial charge in [0.15, 0.2) is 10.8 Å². The lowest BCUT2D eigenvalue weighted by molar-refractivity contribution is 0.0828. The van der Waals surface area contributed by atoms with Crippen LogP contribution >= 0.6 is 11.3 Å². The van der Waals surface area contributed by atoms with Gasteiger partial charge in [-0.05, 0) is 51.7 Å². The molecule has 2 aromatic rings. The first kappa shape index (κ1) is 15.2. The third-order valence-electron chi connectivity index (χ3n) is 4.16. The SMILES string of the molecule is Cc1ccc(-c2nc(C)c(C(=O)NC(C)(CO)C3CC3)s2)o1. The Morgan fingerprint density at radius 1 is 1.50 bits per heavy atom. The fourth-order valence-corrected chi connectivity index (χ4v) is 3.49. The normalized spacial score (nSPS) is 17.3. The Bertz CT molecular complexity index is 702. The van der Waals surface area contributed by atoms with Gasteiger partial charge in [0, 0.05) is 0 Å². The van der Waals surface area contributed by atoms with Crippen molar-refractivity contribution in [3.63, 3.8) is 0 Å². The molecule has 0 bridgehead atoms. The molecule has 6 heteroatoms. The summed E-state index contributed by atoms with van der Waals surface area (Å²) in [5, 5.41) is 13.3. The number of aliphatic hydroxyl groups excluding tert-OH is 1. The van der Waals surface area contributed by atoms with Crippen LogP contribution in [-0.2, 0) is 0 Å². The van der Waals surface area contributed by atoms with E-state index in [1.54, 1.807) is 0 Å². The summed E-state index contributed by atoms with van der Waals surface area (Å²) >= 11 is 1.32. The minimum atomic E-state index is -0.547. The van der Waals surface area contributed by atoms with E-state index in [-0.39, 0.29) is 12.5 Å². The van der Waals surface area contributed by atoms with Crippen LogP contribution in [0.25, 0.3) is 10.8 Å². The Morgan fingerprint density at radius 2 is 2.23 bits per heavy atom. The molecule has 1 atom stereocenters. The molecule has 5 nitrogen and oxygen atoms in total. The molecule has 0 saturated heterocycles. The molecule has 2 aromatic heterocycles. The van der Waals surface area contributed by atoms with Crippen molar-refractivity contribution in [1.29, 1.82) is 0 Å². The number of nitrogens with one attached hydrogen (secondary N) is 1. The Morgan fingerprint density at radius 3 is 2.77 bits per heavy atom. The van der Waals surface area contributed by atoms with Crippen LogP contribution in [-0.4, -0.2) is 28.1 Å². The van der Waals surface area contributed by atoms with Crippen molar-refractivity contribution in [3.05, 3.63) is 28.5 Å². The van der Waals surface area contributed by atoms with Crippen LogP contribution < -0.4 is 5.32 Å². The number of aryl methyl sites for hydroxylation is 2. The van der Waals surface area contributed by atoms with Gasteiger partial charge in [-0.3, -0.25) is 4.79 Å². The summed E-state index contributed by atoms with van der Waals surface area (Å²) in [6.45, 7) is 5.54. The van der Waals surface area contributed by atoms with Crippen molar-refractivity contribution in [3.8, 4) is 10.8 Å². The molecule has 1 unspecified atom stereocenters. The topological polar surface area (TPSA) is 75.4 Å². The molecule has 1 aliphatic carbocycles. The van der Waals surface area contributed by atoms with Crippen LogP contribution in [0, 0.1) is 19.8 Å². The second-order valence-electron chi connectivity index (χ2n) is 6.15. The van der Waals surface area contributed by atoms with Gasteiger partial charge in [-0.1, -0.05) is 0 Å². The average Bonchev–Trinajstić information content (AvgIpc) is 3.15. The first-order valence-corrected chi connectivity index (χ1v) is 8.22. The molecule has 0 aliphatic heterocycles. The number of carbonyl (C=O) groups is 1. The standard InChI is InChI=1S/C16H20N2O3S/c1-9-4-7-12(21-9)15-17-10(2)13(22-15)14(20)18-16(3,8-19)11-5-6-11/h4,7,11,19H,5-6,8H2,1-3H3,(H,18,20). The minimum Gasteiger partial charge on any atom is -0.459 e. The molecule has 0 spiro atoms. The number of nitrogens with zero attached hydrogens (tertiary/aromatic N) is 1. The van der Waals surface area contributed by atoms with Crippen LogP contribution in [0.3, 0.4) is 0 Å². The zero-order chi connectivity index (χ0) is 15.9. The average molecular weight is 320 g/mol. The molecule has 1 saturated carbocycles. The second kappa shape index (κ2) is 5.52. The van der Waals surface area contributed by atoms with E-state index < -0.39 is 5.54 Å². The highest BCUT2D eigenvalue weighted by molar-refractivity contribution is 7.17. The van der Waals surface area contributed by atoms with E-state index in [0.29, 0.717) is 27.3 Å². The van der Waals surface area contributed by atoms with Gasteiger partial charge in [0.1, 0.15) is 10.6 Å². The van der Waals surface area contributed by atoms with Crippen LogP contribution in [0.4, 0.5) is 0 Å². The molecule has 0 radical (unpaired) electrons. The maximum atomic E-state index is 12.5. The summed E-state index contributed by atoms with van der Waals surface area (Å²) in [5.41, 5.74) is 0.136. The number of furan rings is 1. The van der Waals surface area contributed by atoms with Gasteiger partial charge < -0.3 is 14.8 Å². The Balaban J connectivity index is 1.82. The van der Waals surface area contributed by atoms with Gasteiger partial charge in [0.05, 0.1) is 17.8 Å². The zero-order valence-corrected chi connectivity index (χ0v) is 13.8. The van der Waals surface area contributed by atoms with Gasteiger partial charge in [-0.25, -0.2) is 4.98 Å². The summed E-state index contributed by atoms with van der Waals surface area (Å²) in [7, 11) is 0. The predicted molar refractivity (Wildman–Crippen MR) is 85.0 cm³/mol. The van der Waals surface area contributed by atoms with Gasteiger partial charge in [-0.2, -0.15) is 0 Å². The molecule has 22 heavy (non-hydrogen) atoms. The van der Waals surface area contributed by atoms with Crippen LogP contribution in [0.2, 0.25) is 0 Å². The lowest BCUT2D eigenvalue weighted by Crippen LogP contribution is -2.50. The number of thiazole rings is 1. The minimum absolute atomic E-state index is 0.0501. The van der Waals surface area contributed by atoms with Gasteiger partial charge in [0.25, 0.3) is 5.91 Å². The molecule has 1 fully saturated rings. The quantitative estimate of drug-likeness (QED) is 0.888.